The first-order chi connectivity index (χ1) is 9.27. The number of amides is 1. The molecule has 1 amide bonds. The topological polar surface area (TPSA) is 90.0 Å². The van der Waals surface area contributed by atoms with Crippen LogP contribution in [0.25, 0.3) is 10.2 Å². The fourth-order valence-electron chi connectivity index (χ4n) is 2.08. The van der Waals surface area contributed by atoms with Crippen LogP contribution in [-0.4, -0.2) is 15.5 Å². The van der Waals surface area contributed by atoms with Crippen molar-refractivity contribution in [3.63, 3.8) is 0 Å². The maximum atomic E-state index is 12.5. The van der Waals surface area contributed by atoms with Gasteiger partial charge in [0.05, 0.1) is 17.1 Å². The van der Waals surface area contributed by atoms with E-state index >= 15 is 0 Å². The van der Waals surface area contributed by atoms with Crippen molar-refractivity contribution in [1.29, 1.82) is 0 Å². The zero-order valence-corrected chi connectivity index (χ0v) is 12.8. The monoisotopic (exact) mass is 294 g/mol. The highest BCUT2D eigenvalue weighted by molar-refractivity contribution is 7.18. The van der Waals surface area contributed by atoms with E-state index < -0.39 is 5.41 Å². The SMILES string of the molecule is Cc1sc2ncn(CC(C)(C)C(=O)NN)c(=O)c2c1C. The normalized spacial score (nSPS) is 11.8. The molecule has 0 saturated carbocycles. The predicted molar refractivity (Wildman–Crippen MR) is 79.5 cm³/mol. The molecule has 2 aromatic rings. The molecule has 2 heterocycles. The molecule has 2 rings (SSSR count). The summed E-state index contributed by atoms with van der Waals surface area (Å²) in [4.78, 5) is 30.4. The Balaban J connectivity index is 2.52. The minimum Gasteiger partial charge on any atom is -0.298 e. The number of hydrogen-bond donors (Lipinski definition) is 2. The molecule has 0 aliphatic heterocycles. The molecular formula is C13H18N4O2S. The molecule has 0 bridgehead atoms. The molecular weight excluding hydrogens is 276 g/mol. The van der Waals surface area contributed by atoms with Gasteiger partial charge < -0.3 is 0 Å². The molecule has 0 saturated heterocycles. The van der Waals surface area contributed by atoms with Gasteiger partial charge in [0.25, 0.3) is 5.56 Å². The number of rotatable bonds is 3. The Morgan fingerprint density at radius 1 is 1.50 bits per heavy atom. The Labute approximate surface area is 120 Å². The summed E-state index contributed by atoms with van der Waals surface area (Å²) < 4.78 is 1.47. The van der Waals surface area contributed by atoms with Crippen LogP contribution in [0.15, 0.2) is 11.1 Å². The van der Waals surface area contributed by atoms with E-state index in [-0.39, 0.29) is 18.0 Å². The lowest BCUT2D eigenvalue weighted by Gasteiger charge is -2.22. The lowest BCUT2D eigenvalue weighted by atomic mass is 9.92. The van der Waals surface area contributed by atoms with E-state index in [9.17, 15) is 9.59 Å². The van der Waals surface area contributed by atoms with Crippen LogP contribution < -0.4 is 16.8 Å². The van der Waals surface area contributed by atoms with Gasteiger partial charge in [-0.2, -0.15) is 0 Å². The minimum absolute atomic E-state index is 0.116. The molecule has 0 aliphatic carbocycles. The highest BCUT2D eigenvalue weighted by atomic mass is 32.1. The molecule has 20 heavy (non-hydrogen) atoms. The molecule has 2 aromatic heterocycles. The van der Waals surface area contributed by atoms with E-state index in [1.807, 2.05) is 13.8 Å². The number of nitrogens with two attached hydrogens (primary N) is 1. The average molecular weight is 294 g/mol. The lowest BCUT2D eigenvalue weighted by molar-refractivity contribution is -0.130. The standard InChI is InChI=1S/C13H18N4O2S/c1-7-8(2)20-10-9(7)11(18)17(6-15-10)5-13(3,4)12(19)16-14/h6H,5,14H2,1-4H3,(H,16,19). The predicted octanol–water partition coefficient (Wildman–Crippen LogP) is 1.09. The summed E-state index contributed by atoms with van der Waals surface area (Å²) in [5.41, 5.74) is 2.18. The third kappa shape index (κ3) is 2.34. The van der Waals surface area contributed by atoms with Crippen molar-refractivity contribution in [3.05, 3.63) is 27.1 Å². The summed E-state index contributed by atoms with van der Waals surface area (Å²) in [6.45, 7) is 7.58. The average Bonchev–Trinajstić information content (AvgIpc) is 2.68. The van der Waals surface area contributed by atoms with Crippen molar-refractivity contribution in [2.45, 2.75) is 34.2 Å². The van der Waals surface area contributed by atoms with Crippen molar-refractivity contribution in [1.82, 2.24) is 15.0 Å². The van der Waals surface area contributed by atoms with Crippen LogP contribution in [0.3, 0.4) is 0 Å². The van der Waals surface area contributed by atoms with Gasteiger partial charge in [-0.15, -0.1) is 11.3 Å². The summed E-state index contributed by atoms with van der Waals surface area (Å²) in [7, 11) is 0. The van der Waals surface area contributed by atoms with Crippen molar-refractivity contribution >= 4 is 27.5 Å². The van der Waals surface area contributed by atoms with Gasteiger partial charge in [0.15, 0.2) is 0 Å². The minimum atomic E-state index is -0.785. The van der Waals surface area contributed by atoms with Gasteiger partial charge in [0, 0.05) is 11.4 Å². The van der Waals surface area contributed by atoms with Crippen molar-refractivity contribution in [2.75, 3.05) is 0 Å². The van der Waals surface area contributed by atoms with Crippen LogP contribution in [0, 0.1) is 19.3 Å². The molecule has 0 fully saturated rings. The van der Waals surface area contributed by atoms with E-state index in [1.54, 1.807) is 13.8 Å². The molecule has 0 aromatic carbocycles. The van der Waals surface area contributed by atoms with Gasteiger partial charge in [0.2, 0.25) is 5.91 Å². The fraction of sp³-hybridized carbons (Fsp3) is 0.462. The van der Waals surface area contributed by atoms with E-state index in [2.05, 4.69) is 10.4 Å². The Bertz CT molecular complexity index is 730. The third-order valence-corrected chi connectivity index (χ3v) is 4.58. The first-order valence-electron chi connectivity index (χ1n) is 6.24. The summed E-state index contributed by atoms with van der Waals surface area (Å²) in [5.74, 6) is 4.85. The van der Waals surface area contributed by atoms with E-state index in [4.69, 9.17) is 5.84 Å². The Morgan fingerprint density at radius 3 is 2.75 bits per heavy atom. The van der Waals surface area contributed by atoms with E-state index in [0.717, 1.165) is 15.3 Å². The Hall–Kier alpha value is -1.73. The maximum Gasteiger partial charge on any atom is 0.262 e. The number of nitrogens with one attached hydrogen (secondary N) is 1. The van der Waals surface area contributed by atoms with Gasteiger partial charge in [-0.3, -0.25) is 19.6 Å². The van der Waals surface area contributed by atoms with Crippen LogP contribution >= 0.6 is 11.3 Å². The van der Waals surface area contributed by atoms with Gasteiger partial charge in [-0.05, 0) is 33.3 Å². The first kappa shape index (κ1) is 14.7. The molecule has 0 spiro atoms. The highest BCUT2D eigenvalue weighted by Crippen LogP contribution is 2.26. The second kappa shape index (κ2) is 4.99. The van der Waals surface area contributed by atoms with E-state index in [1.165, 1.54) is 22.2 Å². The van der Waals surface area contributed by atoms with Crippen molar-refractivity contribution < 1.29 is 4.79 Å². The van der Waals surface area contributed by atoms with E-state index in [0.29, 0.717) is 5.39 Å². The zero-order valence-electron chi connectivity index (χ0n) is 12.0. The molecule has 0 aliphatic rings. The fourth-order valence-corrected chi connectivity index (χ4v) is 3.06. The second-order valence-electron chi connectivity index (χ2n) is 5.50. The quantitative estimate of drug-likeness (QED) is 0.504. The number of nitrogens with zero attached hydrogens (tertiary/aromatic N) is 2. The lowest BCUT2D eigenvalue weighted by Crippen LogP contribution is -2.44. The molecule has 6 nitrogen and oxygen atoms in total. The number of aromatic nitrogens is 2. The third-order valence-electron chi connectivity index (χ3n) is 3.47. The number of fused-ring (bicyclic) bond motifs is 1. The smallest absolute Gasteiger partial charge is 0.262 e. The molecule has 7 heteroatoms. The molecule has 3 N–H and O–H groups in total. The molecule has 0 radical (unpaired) electrons. The first-order valence-corrected chi connectivity index (χ1v) is 7.06. The number of carbonyl (C=O) groups excluding carboxylic acids is 1. The summed E-state index contributed by atoms with van der Waals surface area (Å²) in [6, 6.07) is 0. The highest BCUT2D eigenvalue weighted by Gasteiger charge is 2.28. The Kier molecular flexibility index (Phi) is 3.66. The van der Waals surface area contributed by atoms with Gasteiger partial charge in [0.1, 0.15) is 4.83 Å². The number of hydrogen-bond acceptors (Lipinski definition) is 5. The number of hydrazine groups is 1. The molecule has 0 unspecified atom stereocenters. The van der Waals surface area contributed by atoms with Crippen LogP contribution in [0.4, 0.5) is 0 Å². The number of carbonyl (C=O) groups is 1. The number of aryl methyl sites for hydroxylation is 2. The van der Waals surface area contributed by atoms with Gasteiger partial charge in [-0.25, -0.2) is 10.8 Å². The van der Waals surface area contributed by atoms with Crippen LogP contribution in [0.1, 0.15) is 24.3 Å². The molecule has 108 valence electrons. The van der Waals surface area contributed by atoms with Crippen LogP contribution in [-0.2, 0) is 11.3 Å². The maximum absolute atomic E-state index is 12.5. The number of thiophene rings is 1. The van der Waals surface area contributed by atoms with Gasteiger partial charge in [-0.1, -0.05) is 0 Å². The summed E-state index contributed by atoms with van der Waals surface area (Å²) in [6.07, 6.45) is 1.49. The van der Waals surface area contributed by atoms with Crippen molar-refractivity contribution in [2.24, 2.45) is 11.3 Å². The summed E-state index contributed by atoms with van der Waals surface area (Å²) >= 11 is 1.51. The Morgan fingerprint density at radius 2 is 2.15 bits per heavy atom. The second-order valence-corrected chi connectivity index (χ2v) is 6.70. The summed E-state index contributed by atoms with van der Waals surface area (Å²) in [5, 5.41) is 0.638. The van der Waals surface area contributed by atoms with Gasteiger partial charge >= 0.3 is 0 Å². The molecule has 0 atom stereocenters. The van der Waals surface area contributed by atoms with Crippen LogP contribution in [0.5, 0.6) is 0 Å². The van der Waals surface area contributed by atoms with Crippen molar-refractivity contribution in [3.8, 4) is 0 Å². The van der Waals surface area contributed by atoms with Crippen LogP contribution in [0.2, 0.25) is 0 Å². The largest absolute Gasteiger partial charge is 0.298 e. The zero-order chi connectivity index (χ0) is 15.1.